The van der Waals surface area contributed by atoms with Crippen molar-refractivity contribution in [2.45, 2.75) is 44.8 Å². The molecule has 1 aliphatic carbocycles. The molecule has 0 radical (unpaired) electrons. The summed E-state index contributed by atoms with van der Waals surface area (Å²) in [6, 6.07) is 0.840. The van der Waals surface area contributed by atoms with Crippen LogP contribution in [0.15, 0.2) is 0 Å². The van der Waals surface area contributed by atoms with Gasteiger partial charge in [0.15, 0.2) is 0 Å². The average molecular weight is 183 g/mol. The fraction of sp³-hybridized carbons (Fsp3) is 1.00. The summed E-state index contributed by atoms with van der Waals surface area (Å²) in [6.45, 7) is 5.02. The van der Waals surface area contributed by atoms with Gasteiger partial charge in [0.1, 0.15) is 0 Å². The van der Waals surface area contributed by atoms with E-state index in [0.29, 0.717) is 6.10 Å². The van der Waals surface area contributed by atoms with Gasteiger partial charge in [-0.25, -0.2) is 0 Å². The molecule has 0 aromatic heterocycles. The van der Waals surface area contributed by atoms with Crippen molar-refractivity contribution in [1.29, 1.82) is 0 Å². The van der Waals surface area contributed by atoms with Crippen LogP contribution in [0.3, 0.4) is 0 Å². The Kier molecular flexibility index (Phi) is 2.89. The van der Waals surface area contributed by atoms with Crippen molar-refractivity contribution in [3.63, 3.8) is 0 Å². The lowest BCUT2D eigenvalue weighted by atomic mass is 9.85. The van der Waals surface area contributed by atoms with Crippen molar-refractivity contribution >= 4 is 0 Å². The topological polar surface area (TPSA) is 12.5 Å². The normalized spacial score (nSPS) is 41.5. The number of rotatable bonds is 2. The van der Waals surface area contributed by atoms with E-state index >= 15 is 0 Å². The van der Waals surface area contributed by atoms with Gasteiger partial charge in [0, 0.05) is 19.7 Å². The highest BCUT2D eigenvalue weighted by Crippen LogP contribution is 2.30. The molecule has 1 saturated heterocycles. The summed E-state index contributed by atoms with van der Waals surface area (Å²) >= 11 is 0. The number of likely N-dealkylation sites (tertiary alicyclic amines) is 1. The first kappa shape index (κ1) is 9.47. The molecule has 2 nitrogen and oxygen atoms in total. The van der Waals surface area contributed by atoms with Crippen molar-refractivity contribution in [1.82, 2.24) is 4.90 Å². The van der Waals surface area contributed by atoms with Gasteiger partial charge in [-0.3, -0.25) is 4.90 Å². The van der Waals surface area contributed by atoms with Gasteiger partial charge in [0.05, 0.1) is 6.10 Å². The van der Waals surface area contributed by atoms with Crippen LogP contribution in [0.5, 0.6) is 0 Å². The van der Waals surface area contributed by atoms with Crippen LogP contribution in [0, 0.1) is 5.92 Å². The van der Waals surface area contributed by atoms with Gasteiger partial charge in [-0.15, -0.1) is 0 Å². The maximum absolute atomic E-state index is 5.31. The molecular formula is C11H21NO. The van der Waals surface area contributed by atoms with Crippen molar-refractivity contribution in [2.24, 2.45) is 5.92 Å². The second-order valence-electron chi connectivity index (χ2n) is 4.73. The molecule has 1 unspecified atom stereocenters. The Morgan fingerprint density at radius 1 is 1.31 bits per heavy atom. The van der Waals surface area contributed by atoms with E-state index in [4.69, 9.17) is 4.74 Å². The minimum atomic E-state index is 0.558. The number of piperidine rings is 1. The first-order valence-corrected chi connectivity index (χ1v) is 5.56. The number of nitrogens with zero attached hydrogens (tertiary/aromatic N) is 1. The summed E-state index contributed by atoms with van der Waals surface area (Å²) < 4.78 is 5.31. The Balaban J connectivity index is 1.75. The summed E-state index contributed by atoms with van der Waals surface area (Å²) in [5.41, 5.74) is 0. The Bertz CT molecular complexity index is 165. The highest BCUT2D eigenvalue weighted by atomic mass is 16.5. The zero-order chi connectivity index (χ0) is 9.26. The lowest BCUT2D eigenvalue weighted by molar-refractivity contribution is -0.0376. The molecule has 2 heteroatoms. The van der Waals surface area contributed by atoms with Crippen LogP contribution in [0.2, 0.25) is 0 Å². The van der Waals surface area contributed by atoms with Gasteiger partial charge in [-0.1, -0.05) is 6.92 Å². The van der Waals surface area contributed by atoms with Crippen molar-refractivity contribution in [3.05, 3.63) is 0 Å². The van der Waals surface area contributed by atoms with E-state index in [9.17, 15) is 0 Å². The lowest BCUT2D eigenvalue weighted by Crippen LogP contribution is -2.51. The van der Waals surface area contributed by atoms with Gasteiger partial charge < -0.3 is 4.74 Å². The molecule has 1 heterocycles. The first-order valence-electron chi connectivity index (χ1n) is 5.56. The van der Waals surface area contributed by atoms with Crippen LogP contribution in [-0.4, -0.2) is 37.2 Å². The third-order valence-electron chi connectivity index (χ3n) is 3.61. The monoisotopic (exact) mass is 183 g/mol. The van der Waals surface area contributed by atoms with E-state index < -0.39 is 0 Å². The maximum Gasteiger partial charge on any atom is 0.0601 e. The van der Waals surface area contributed by atoms with Crippen molar-refractivity contribution in [2.75, 3.05) is 20.2 Å². The summed E-state index contributed by atoms with van der Waals surface area (Å²) in [6.07, 6.45) is 5.92. The van der Waals surface area contributed by atoms with E-state index in [1.165, 1.54) is 38.8 Å². The van der Waals surface area contributed by atoms with Crippen molar-refractivity contribution in [3.8, 4) is 0 Å². The molecule has 0 aromatic rings. The highest BCUT2D eigenvalue weighted by molar-refractivity contribution is 4.89. The SMILES string of the molecule is COC1CC(N2CCCC(C)C2)C1. The lowest BCUT2D eigenvalue weighted by Gasteiger charge is -2.45. The third-order valence-corrected chi connectivity index (χ3v) is 3.61. The molecule has 0 bridgehead atoms. The van der Waals surface area contributed by atoms with E-state index in [0.717, 1.165) is 12.0 Å². The molecule has 2 fully saturated rings. The van der Waals surface area contributed by atoms with Crippen LogP contribution < -0.4 is 0 Å². The zero-order valence-electron chi connectivity index (χ0n) is 8.83. The fourth-order valence-corrected chi connectivity index (χ4v) is 2.59. The van der Waals surface area contributed by atoms with Gasteiger partial charge in [0.2, 0.25) is 0 Å². The van der Waals surface area contributed by atoms with E-state index in [1.54, 1.807) is 0 Å². The fourth-order valence-electron chi connectivity index (χ4n) is 2.59. The number of hydrogen-bond donors (Lipinski definition) is 0. The second-order valence-corrected chi connectivity index (χ2v) is 4.73. The largest absolute Gasteiger partial charge is 0.381 e. The first-order chi connectivity index (χ1) is 6.29. The summed E-state index contributed by atoms with van der Waals surface area (Å²) in [5.74, 6) is 0.912. The molecule has 76 valence electrons. The summed E-state index contributed by atoms with van der Waals surface area (Å²) in [7, 11) is 1.83. The van der Waals surface area contributed by atoms with E-state index in [1.807, 2.05) is 7.11 Å². The molecule has 0 N–H and O–H groups in total. The Labute approximate surface area is 81.3 Å². The van der Waals surface area contributed by atoms with Gasteiger partial charge in [-0.05, 0) is 38.1 Å². The predicted molar refractivity (Wildman–Crippen MR) is 53.8 cm³/mol. The van der Waals surface area contributed by atoms with Gasteiger partial charge in [-0.2, -0.15) is 0 Å². The molecule has 2 rings (SSSR count). The van der Waals surface area contributed by atoms with Gasteiger partial charge in [0.25, 0.3) is 0 Å². The minimum absolute atomic E-state index is 0.558. The predicted octanol–water partition coefficient (Wildman–Crippen LogP) is 1.90. The molecule has 0 spiro atoms. The van der Waals surface area contributed by atoms with Crippen LogP contribution in [0.4, 0.5) is 0 Å². The molecule has 2 aliphatic rings. The van der Waals surface area contributed by atoms with E-state index in [2.05, 4.69) is 11.8 Å². The molecule has 0 amide bonds. The molecule has 1 atom stereocenters. The van der Waals surface area contributed by atoms with Gasteiger partial charge >= 0.3 is 0 Å². The van der Waals surface area contributed by atoms with Crippen LogP contribution in [0.1, 0.15) is 32.6 Å². The zero-order valence-corrected chi connectivity index (χ0v) is 8.83. The molecule has 0 aromatic carbocycles. The number of methoxy groups -OCH3 is 1. The molecule has 13 heavy (non-hydrogen) atoms. The number of hydrogen-bond acceptors (Lipinski definition) is 2. The number of ether oxygens (including phenoxy) is 1. The Hall–Kier alpha value is -0.0800. The van der Waals surface area contributed by atoms with Crippen LogP contribution in [-0.2, 0) is 4.74 Å². The summed E-state index contributed by atoms with van der Waals surface area (Å²) in [5, 5.41) is 0. The quantitative estimate of drug-likeness (QED) is 0.648. The van der Waals surface area contributed by atoms with E-state index in [-0.39, 0.29) is 0 Å². The Morgan fingerprint density at radius 3 is 2.69 bits per heavy atom. The standard InChI is InChI=1S/C11H21NO/c1-9-4-3-5-12(8-9)10-6-11(7-10)13-2/h9-11H,3-8H2,1-2H3. The summed E-state index contributed by atoms with van der Waals surface area (Å²) in [4.78, 5) is 2.67. The van der Waals surface area contributed by atoms with Crippen molar-refractivity contribution < 1.29 is 4.74 Å². The smallest absolute Gasteiger partial charge is 0.0601 e. The maximum atomic E-state index is 5.31. The average Bonchev–Trinajstić information content (AvgIpc) is 2.02. The van der Waals surface area contributed by atoms with Crippen LogP contribution >= 0.6 is 0 Å². The minimum Gasteiger partial charge on any atom is -0.381 e. The molecule has 1 saturated carbocycles. The third kappa shape index (κ3) is 2.05. The Morgan fingerprint density at radius 2 is 2.08 bits per heavy atom. The van der Waals surface area contributed by atoms with Crippen LogP contribution in [0.25, 0.3) is 0 Å². The second kappa shape index (κ2) is 3.97. The highest BCUT2D eigenvalue weighted by Gasteiger charge is 2.34. The molecular weight excluding hydrogens is 162 g/mol. The molecule has 1 aliphatic heterocycles.